The summed E-state index contributed by atoms with van der Waals surface area (Å²) in [6.45, 7) is 5.05. The van der Waals surface area contributed by atoms with Crippen molar-refractivity contribution in [2.45, 2.75) is 44.7 Å². The van der Waals surface area contributed by atoms with Crippen molar-refractivity contribution in [1.82, 2.24) is 10.6 Å². The highest BCUT2D eigenvalue weighted by molar-refractivity contribution is 8.14. The van der Waals surface area contributed by atoms with E-state index in [0.29, 0.717) is 22.7 Å². The summed E-state index contributed by atoms with van der Waals surface area (Å²) in [6, 6.07) is 18.8. The molecule has 4 aliphatic rings. The van der Waals surface area contributed by atoms with Crippen LogP contribution in [0.5, 0.6) is 0 Å². The number of fused-ring (bicyclic) bond motifs is 2. The third-order valence-corrected chi connectivity index (χ3v) is 8.67. The fourth-order valence-corrected chi connectivity index (χ4v) is 6.74. The van der Waals surface area contributed by atoms with E-state index in [1.165, 1.54) is 11.6 Å². The zero-order valence-corrected chi connectivity index (χ0v) is 21.2. The van der Waals surface area contributed by atoms with Gasteiger partial charge in [-0.05, 0) is 47.9 Å². The average molecular weight is 501 g/mol. The first kappa shape index (κ1) is 23.2. The molecule has 3 aliphatic heterocycles. The Morgan fingerprint density at radius 3 is 2.58 bits per heavy atom. The molecule has 0 spiro atoms. The molecule has 4 atom stereocenters. The van der Waals surface area contributed by atoms with E-state index in [0.717, 1.165) is 35.3 Å². The van der Waals surface area contributed by atoms with Crippen molar-refractivity contribution >= 4 is 39.4 Å². The number of halogens is 1. The first-order valence-corrected chi connectivity index (χ1v) is 13.6. The largest absolute Gasteiger partial charge is 0.373 e. The molecule has 5 nitrogen and oxygen atoms in total. The zero-order valence-electron chi connectivity index (χ0n) is 20.4. The quantitative estimate of drug-likeness (QED) is 0.470. The summed E-state index contributed by atoms with van der Waals surface area (Å²) < 4.78 is 14.3. The summed E-state index contributed by atoms with van der Waals surface area (Å²) in [6.07, 6.45) is 1.73. The van der Waals surface area contributed by atoms with Crippen LogP contribution in [0.4, 0.5) is 4.39 Å². The van der Waals surface area contributed by atoms with Gasteiger partial charge in [0, 0.05) is 23.6 Å². The Kier molecular flexibility index (Phi) is 5.83. The number of carbonyl (C=O) groups excluding carboxylic acids is 1. The molecule has 3 heterocycles. The van der Waals surface area contributed by atoms with Crippen LogP contribution in [0.25, 0.3) is 10.8 Å². The van der Waals surface area contributed by atoms with Gasteiger partial charge < -0.3 is 10.6 Å². The molecule has 7 heteroatoms. The maximum absolute atomic E-state index is 14.3. The third-order valence-electron chi connectivity index (χ3n) is 7.71. The molecule has 3 aromatic rings. The van der Waals surface area contributed by atoms with Gasteiger partial charge in [-0.25, -0.2) is 4.39 Å². The van der Waals surface area contributed by atoms with Gasteiger partial charge in [0.15, 0.2) is 5.17 Å². The lowest BCUT2D eigenvalue weighted by molar-refractivity contribution is -0.131. The maximum Gasteiger partial charge on any atom is 0.234 e. The van der Waals surface area contributed by atoms with Gasteiger partial charge in [-0.3, -0.25) is 14.8 Å². The molecule has 0 aromatic heterocycles. The van der Waals surface area contributed by atoms with Crippen molar-refractivity contribution in [2.24, 2.45) is 15.4 Å². The van der Waals surface area contributed by atoms with Crippen molar-refractivity contribution in [3.8, 4) is 0 Å². The van der Waals surface area contributed by atoms with E-state index in [2.05, 4.69) is 35.8 Å². The summed E-state index contributed by atoms with van der Waals surface area (Å²) in [5, 5.41) is 8.73. The first-order chi connectivity index (χ1) is 17.5. The predicted octanol–water partition coefficient (Wildman–Crippen LogP) is 5.89. The van der Waals surface area contributed by atoms with Gasteiger partial charge in [0.25, 0.3) is 0 Å². The Morgan fingerprint density at radius 2 is 1.78 bits per heavy atom. The minimum atomic E-state index is -0.667. The van der Waals surface area contributed by atoms with E-state index in [1.807, 2.05) is 37.3 Å². The second kappa shape index (κ2) is 9.04. The number of rotatable bonds is 4. The van der Waals surface area contributed by atoms with Gasteiger partial charge in [0.05, 0.1) is 17.5 Å². The van der Waals surface area contributed by atoms with Crippen molar-refractivity contribution in [1.29, 1.82) is 0 Å². The van der Waals surface area contributed by atoms with Gasteiger partial charge >= 0.3 is 0 Å². The topological polar surface area (TPSA) is 65.8 Å². The lowest BCUT2D eigenvalue weighted by atomic mass is 9.62. The average Bonchev–Trinajstić information content (AvgIpc) is 3.36. The molecule has 0 saturated heterocycles. The molecule has 7 rings (SSSR count). The fourth-order valence-electron chi connectivity index (χ4n) is 5.81. The Hall–Kier alpha value is -3.19. The molecule has 1 amide bonds. The zero-order chi connectivity index (χ0) is 24.9. The van der Waals surface area contributed by atoms with Crippen LogP contribution in [-0.2, 0) is 4.79 Å². The number of hydrogen-bond donors (Lipinski definition) is 2. The van der Waals surface area contributed by atoms with Gasteiger partial charge in [-0.2, -0.15) is 0 Å². The Bertz CT molecular complexity index is 1420. The lowest BCUT2D eigenvalue weighted by Crippen LogP contribution is -2.52. The van der Waals surface area contributed by atoms with Crippen LogP contribution in [0.1, 0.15) is 61.4 Å². The number of nitrogens with zero attached hydrogens (tertiary/aromatic N) is 2. The highest BCUT2D eigenvalue weighted by atomic mass is 32.2. The minimum Gasteiger partial charge on any atom is -0.373 e. The van der Waals surface area contributed by atoms with E-state index in [-0.39, 0.29) is 29.7 Å². The highest BCUT2D eigenvalue weighted by Gasteiger charge is 2.53. The van der Waals surface area contributed by atoms with Gasteiger partial charge in [-0.15, -0.1) is 0 Å². The number of aliphatic imine (C=N–C) groups is 2. The summed E-state index contributed by atoms with van der Waals surface area (Å²) in [5.41, 5.74) is 2.74. The van der Waals surface area contributed by atoms with Crippen molar-refractivity contribution in [3.05, 3.63) is 83.2 Å². The standard InChI is InChI=1S/C29H29FN4OS/c1-3-14-31-26-22-15-29(2,25(33-26)21-11-7-5-9-18(21)22)27(35)34-28-32-24(16-36-28)20-12-13-23(30)19-10-6-4-8-17(19)20/h4-13,22,24-25H,3,14-16H2,1-2H3,(H,31,33)(H,32,34,35). The second-order valence-corrected chi connectivity index (χ2v) is 11.1. The first-order valence-electron chi connectivity index (χ1n) is 12.6. The molecule has 36 heavy (non-hydrogen) atoms. The number of amides is 1. The number of carbonyl (C=O) groups is 1. The van der Waals surface area contributed by atoms with Crippen LogP contribution in [0.15, 0.2) is 70.6 Å². The van der Waals surface area contributed by atoms with Crippen molar-refractivity contribution < 1.29 is 9.18 Å². The van der Waals surface area contributed by atoms with Crippen LogP contribution in [0.2, 0.25) is 0 Å². The number of benzene rings is 3. The van der Waals surface area contributed by atoms with Crippen LogP contribution in [0.3, 0.4) is 0 Å². The molecule has 184 valence electrons. The summed E-state index contributed by atoms with van der Waals surface area (Å²) in [7, 11) is 0. The molecule has 2 bridgehead atoms. The number of amidine groups is 2. The Labute approximate surface area is 214 Å². The highest BCUT2D eigenvalue weighted by Crippen LogP contribution is 2.55. The molecule has 4 unspecified atom stereocenters. The van der Waals surface area contributed by atoms with Gasteiger partial charge in [0.2, 0.25) is 5.91 Å². The van der Waals surface area contributed by atoms with Crippen molar-refractivity contribution in [2.75, 3.05) is 12.3 Å². The molecule has 3 aromatic carbocycles. The van der Waals surface area contributed by atoms with Crippen LogP contribution < -0.4 is 10.6 Å². The van der Waals surface area contributed by atoms with Crippen molar-refractivity contribution in [3.63, 3.8) is 0 Å². The number of nitrogens with one attached hydrogen (secondary N) is 2. The molecule has 0 saturated carbocycles. The molecule has 0 fully saturated rings. The van der Waals surface area contributed by atoms with E-state index in [9.17, 15) is 9.18 Å². The molecular weight excluding hydrogens is 471 g/mol. The monoisotopic (exact) mass is 500 g/mol. The van der Waals surface area contributed by atoms with Crippen LogP contribution >= 0.6 is 11.8 Å². The smallest absolute Gasteiger partial charge is 0.234 e. The second-order valence-electron chi connectivity index (χ2n) is 10.0. The summed E-state index contributed by atoms with van der Waals surface area (Å²) in [5.74, 6) is 1.53. The van der Waals surface area contributed by atoms with E-state index >= 15 is 0 Å². The lowest BCUT2D eigenvalue weighted by Gasteiger charge is -2.47. The minimum absolute atomic E-state index is 0.0406. The van der Waals surface area contributed by atoms with Gasteiger partial charge in [0.1, 0.15) is 11.7 Å². The molecule has 0 radical (unpaired) electrons. The van der Waals surface area contributed by atoms with Crippen LogP contribution in [0, 0.1) is 11.2 Å². The molecule has 2 N–H and O–H groups in total. The fraction of sp³-hybridized carbons (Fsp3) is 0.345. The Morgan fingerprint density at radius 1 is 1.03 bits per heavy atom. The van der Waals surface area contributed by atoms with Crippen LogP contribution in [-0.4, -0.2) is 29.2 Å². The number of thioether (sulfide) groups is 1. The van der Waals surface area contributed by atoms with E-state index in [1.54, 1.807) is 17.8 Å². The molecule has 1 aliphatic carbocycles. The predicted molar refractivity (Wildman–Crippen MR) is 145 cm³/mol. The van der Waals surface area contributed by atoms with Gasteiger partial charge in [-0.1, -0.05) is 73.3 Å². The molecular formula is C29H29FN4OS. The van der Waals surface area contributed by atoms with E-state index < -0.39 is 5.41 Å². The summed E-state index contributed by atoms with van der Waals surface area (Å²) in [4.78, 5) is 23.6. The SMILES string of the molecule is CCCNC1=NC2c3ccccc3C1CC2(C)C(=O)NC1=NC(c2ccc(F)c3ccccc23)CS1. The Balaban J connectivity index is 1.27. The normalized spacial score (nSPS) is 26.4. The third kappa shape index (κ3) is 3.72. The summed E-state index contributed by atoms with van der Waals surface area (Å²) >= 11 is 1.54. The maximum atomic E-state index is 14.3. The van der Waals surface area contributed by atoms with E-state index in [4.69, 9.17) is 9.98 Å². The number of hydrogen-bond acceptors (Lipinski definition) is 5.